The van der Waals surface area contributed by atoms with Crippen molar-refractivity contribution in [3.8, 4) is 0 Å². The van der Waals surface area contributed by atoms with Gasteiger partial charge in [0.2, 0.25) is 0 Å². The molecule has 0 spiro atoms. The zero-order chi connectivity index (χ0) is 10.1. The smallest absolute Gasteiger partial charge is 0.0639 e. The Bertz CT molecular complexity index is 317. The first-order valence-electron chi connectivity index (χ1n) is 5.20. The van der Waals surface area contributed by atoms with Crippen molar-refractivity contribution in [2.75, 3.05) is 13.1 Å². The number of aliphatic hydroxyl groups excluding tert-OH is 1. The molecule has 0 amide bonds. The van der Waals surface area contributed by atoms with Gasteiger partial charge in [0.1, 0.15) is 0 Å². The molecule has 0 radical (unpaired) electrons. The van der Waals surface area contributed by atoms with Crippen LogP contribution in [-0.2, 0) is 20.0 Å². The molecule has 0 fully saturated rings. The second kappa shape index (κ2) is 3.75. The third kappa shape index (κ3) is 1.83. The lowest BCUT2D eigenvalue weighted by Gasteiger charge is -2.28. The molecule has 1 aromatic heterocycles. The van der Waals surface area contributed by atoms with Gasteiger partial charge in [-0.15, -0.1) is 0 Å². The van der Waals surface area contributed by atoms with Gasteiger partial charge in [0.05, 0.1) is 6.10 Å². The molecule has 1 atom stereocenters. The third-order valence-electron chi connectivity index (χ3n) is 2.88. The van der Waals surface area contributed by atoms with Crippen molar-refractivity contribution in [1.82, 2.24) is 9.47 Å². The minimum atomic E-state index is -0.222. The molecule has 78 valence electrons. The molecule has 3 heteroatoms. The Labute approximate surface area is 85.0 Å². The topological polar surface area (TPSA) is 28.4 Å². The van der Waals surface area contributed by atoms with Crippen LogP contribution in [-0.4, -0.2) is 33.8 Å². The van der Waals surface area contributed by atoms with Crippen LogP contribution >= 0.6 is 0 Å². The lowest BCUT2D eigenvalue weighted by molar-refractivity contribution is 0.118. The number of hydrogen-bond acceptors (Lipinski definition) is 2. The van der Waals surface area contributed by atoms with Gasteiger partial charge < -0.3 is 9.67 Å². The second-order valence-electron chi connectivity index (χ2n) is 4.23. The fourth-order valence-corrected chi connectivity index (χ4v) is 2.21. The Morgan fingerprint density at radius 3 is 3.07 bits per heavy atom. The summed E-state index contributed by atoms with van der Waals surface area (Å²) < 4.78 is 2.20. The summed E-state index contributed by atoms with van der Waals surface area (Å²) in [5.41, 5.74) is 2.87. The van der Waals surface area contributed by atoms with E-state index in [4.69, 9.17) is 0 Å². The zero-order valence-corrected chi connectivity index (χ0v) is 8.90. The van der Waals surface area contributed by atoms with Gasteiger partial charge in [-0.3, -0.25) is 4.90 Å². The predicted molar refractivity (Wildman–Crippen MR) is 56.1 cm³/mol. The Kier molecular flexibility index (Phi) is 2.61. The van der Waals surface area contributed by atoms with Gasteiger partial charge in [-0.25, -0.2) is 0 Å². The summed E-state index contributed by atoms with van der Waals surface area (Å²) in [4.78, 5) is 2.31. The highest BCUT2D eigenvalue weighted by atomic mass is 16.3. The van der Waals surface area contributed by atoms with Crippen molar-refractivity contribution in [3.63, 3.8) is 0 Å². The molecule has 14 heavy (non-hydrogen) atoms. The summed E-state index contributed by atoms with van der Waals surface area (Å²) in [5.74, 6) is 0. The molecule has 2 rings (SSSR count). The highest BCUT2D eigenvalue weighted by Gasteiger charge is 2.18. The predicted octanol–water partition coefficient (Wildman–Crippen LogP) is 0.764. The Morgan fingerprint density at radius 2 is 2.36 bits per heavy atom. The molecular formula is C11H18N2O. The molecule has 1 unspecified atom stereocenters. The lowest BCUT2D eigenvalue weighted by atomic mass is 10.1. The van der Waals surface area contributed by atoms with E-state index in [1.807, 2.05) is 6.92 Å². The van der Waals surface area contributed by atoms with Crippen molar-refractivity contribution in [2.45, 2.75) is 26.0 Å². The molecule has 0 aromatic carbocycles. The van der Waals surface area contributed by atoms with Crippen molar-refractivity contribution < 1.29 is 5.11 Å². The van der Waals surface area contributed by atoms with Gasteiger partial charge in [-0.2, -0.15) is 0 Å². The molecule has 2 heterocycles. The lowest BCUT2D eigenvalue weighted by Crippen LogP contribution is -2.35. The molecule has 0 bridgehead atoms. The average Bonchev–Trinajstić information content (AvgIpc) is 2.46. The molecule has 3 nitrogen and oxygen atoms in total. The van der Waals surface area contributed by atoms with E-state index in [9.17, 15) is 5.11 Å². The third-order valence-corrected chi connectivity index (χ3v) is 2.88. The minimum absolute atomic E-state index is 0.222. The van der Waals surface area contributed by atoms with Crippen LogP contribution in [0.2, 0.25) is 0 Å². The number of β-amino-alcohol motifs (C(OH)–C–C–N with tert-alkyl or cyclic N) is 1. The van der Waals surface area contributed by atoms with Crippen LogP contribution in [0.15, 0.2) is 12.3 Å². The average molecular weight is 194 g/mol. The summed E-state index contributed by atoms with van der Waals surface area (Å²) in [6.07, 6.45) is 3.00. The number of hydrogen-bond donors (Lipinski definition) is 1. The van der Waals surface area contributed by atoms with Gasteiger partial charge in [0, 0.05) is 45.0 Å². The second-order valence-corrected chi connectivity index (χ2v) is 4.23. The number of aryl methyl sites for hydroxylation is 1. The van der Waals surface area contributed by atoms with Crippen LogP contribution in [0.1, 0.15) is 18.2 Å². The molecule has 1 N–H and O–H groups in total. The maximum atomic E-state index is 9.31. The normalized spacial score (nSPS) is 19.4. The van der Waals surface area contributed by atoms with Crippen LogP contribution < -0.4 is 0 Å². The highest BCUT2D eigenvalue weighted by Crippen LogP contribution is 2.19. The van der Waals surface area contributed by atoms with Crippen molar-refractivity contribution >= 4 is 0 Å². The molecule has 0 saturated carbocycles. The van der Waals surface area contributed by atoms with Crippen LogP contribution in [0.25, 0.3) is 0 Å². The molecular weight excluding hydrogens is 176 g/mol. The van der Waals surface area contributed by atoms with Crippen LogP contribution in [0.5, 0.6) is 0 Å². The Morgan fingerprint density at radius 1 is 1.57 bits per heavy atom. The zero-order valence-electron chi connectivity index (χ0n) is 8.90. The van der Waals surface area contributed by atoms with E-state index in [-0.39, 0.29) is 6.10 Å². The van der Waals surface area contributed by atoms with Crippen LogP contribution in [0, 0.1) is 0 Å². The number of nitrogens with zero attached hydrogens (tertiary/aromatic N) is 2. The van der Waals surface area contributed by atoms with Crippen molar-refractivity contribution in [3.05, 3.63) is 23.5 Å². The van der Waals surface area contributed by atoms with Crippen molar-refractivity contribution in [2.24, 2.45) is 7.05 Å². The number of rotatable bonds is 2. The van der Waals surface area contributed by atoms with Gasteiger partial charge in [-0.1, -0.05) is 0 Å². The van der Waals surface area contributed by atoms with E-state index < -0.39 is 0 Å². The maximum absolute atomic E-state index is 9.31. The van der Waals surface area contributed by atoms with E-state index >= 15 is 0 Å². The fraction of sp³-hybridized carbons (Fsp3) is 0.636. The van der Waals surface area contributed by atoms with E-state index in [1.165, 1.54) is 11.3 Å². The number of aliphatic hydroxyl groups is 1. The molecule has 1 aromatic rings. The summed E-state index contributed by atoms with van der Waals surface area (Å²) in [6, 6.07) is 2.18. The van der Waals surface area contributed by atoms with E-state index in [2.05, 4.69) is 28.8 Å². The SMILES string of the molecule is CC(O)CN1CCc2c(ccn2C)C1. The van der Waals surface area contributed by atoms with Gasteiger partial charge >= 0.3 is 0 Å². The Hall–Kier alpha value is -0.800. The molecule has 0 saturated heterocycles. The van der Waals surface area contributed by atoms with Gasteiger partial charge in [0.25, 0.3) is 0 Å². The van der Waals surface area contributed by atoms with Crippen molar-refractivity contribution in [1.29, 1.82) is 0 Å². The summed E-state index contributed by atoms with van der Waals surface area (Å²) in [6.45, 7) is 4.69. The van der Waals surface area contributed by atoms with E-state index in [0.29, 0.717) is 0 Å². The van der Waals surface area contributed by atoms with Crippen LogP contribution in [0.3, 0.4) is 0 Å². The largest absolute Gasteiger partial charge is 0.392 e. The molecule has 0 aliphatic carbocycles. The van der Waals surface area contributed by atoms with Gasteiger partial charge in [-0.05, 0) is 18.6 Å². The fourth-order valence-electron chi connectivity index (χ4n) is 2.21. The number of fused-ring (bicyclic) bond motifs is 1. The summed E-state index contributed by atoms with van der Waals surface area (Å²) in [7, 11) is 2.10. The summed E-state index contributed by atoms with van der Waals surface area (Å²) in [5, 5.41) is 9.31. The first-order valence-corrected chi connectivity index (χ1v) is 5.20. The molecule has 1 aliphatic rings. The first-order chi connectivity index (χ1) is 6.66. The maximum Gasteiger partial charge on any atom is 0.0639 e. The van der Waals surface area contributed by atoms with E-state index in [1.54, 1.807) is 0 Å². The van der Waals surface area contributed by atoms with Gasteiger partial charge in [0.15, 0.2) is 0 Å². The van der Waals surface area contributed by atoms with E-state index in [0.717, 1.165) is 26.1 Å². The highest BCUT2D eigenvalue weighted by molar-refractivity contribution is 5.24. The quantitative estimate of drug-likeness (QED) is 0.753. The number of aromatic nitrogens is 1. The summed E-state index contributed by atoms with van der Waals surface area (Å²) >= 11 is 0. The Balaban J connectivity index is 2.06. The standard InChI is InChI=1S/C11H18N2O/c1-9(14)7-13-6-4-11-10(8-13)3-5-12(11)2/h3,5,9,14H,4,6-8H2,1-2H3. The minimum Gasteiger partial charge on any atom is -0.392 e. The monoisotopic (exact) mass is 194 g/mol. The molecule has 1 aliphatic heterocycles. The first kappa shape index (κ1) is 9.74. The van der Waals surface area contributed by atoms with Crippen LogP contribution in [0.4, 0.5) is 0 Å².